The average Bonchev–Trinajstić information content (AvgIpc) is 2.43. The number of anilines is 1. The molecule has 1 aliphatic rings. The van der Waals surface area contributed by atoms with Crippen LogP contribution in [0.25, 0.3) is 0 Å². The molecule has 1 saturated heterocycles. The number of piperidine rings is 1. The summed E-state index contributed by atoms with van der Waals surface area (Å²) in [5.74, 6) is 0.377. The highest BCUT2D eigenvalue weighted by Crippen LogP contribution is 2.27. The van der Waals surface area contributed by atoms with Gasteiger partial charge in [-0.2, -0.15) is 0 Å². The highest BCUT2D eigenvalue weighted by molar-refractivity contribution is 6.33. The molecule has 1 unspecified atom stereocenters. The van der Waals surface area contributed by atoms with E-state index in [1.807, 2.05) is 0 Å². The Balaban J connectivity index is 1.94. The average molecular weight is 285 g/mol. The molecule has 1 aromatic rings. The summed E-state index contributed by atoms with van der Waals surface area (Å²) in [6, 6.07) is 4.78. The molecule has 1 atom stereocenters. The smallest absolute Gasteiger partial charge is 0.125 e. The van der Waals surface area contributed by atoms with Crippen LogP contribution in [0.3, 0.4) is 0 Å². The van der Waals surface area contributed by atoms with Gasteiger partial charge in [-0.15, -0.1) is 0 Å². The first-order valence-corrected chi connectivity index (χ1v) is 7.42. The summed E-state index contributed by atoms with van der Waals surface area (Å²) in [7, 11) is 0. The van der Waals surface area contributed by atoms with E-state index in [2.05, 4.69) is 24.1 Å². The molecule has 106 valence electrons. The van der Waals surface area contributed by atoms with E-state index in [1.165, 1.54) is 25.0 Å². The minimum atomic E-state index is -0.250. The Kier molecular flexibility index (Phi) is 5.06. The van der Waals surface area contributed by atoms with Gasteiger partial charge in [0.1, 0.15) is 5.82 Å². The molecule has 4 heteroatoms. The van der Waals surface area contributed by atoms with Crippen molar-refractivity contribution in [3.05, 3.63) is 29.0 Å². The predicted octanol–water partition coefficient (Wildman–Crippen LogP) is 4.01. The molecule has 0 amide bonds. The molecule has 0 radical (unpaired) electrons. The van der Waals surface area contributed by atoms with Crippen LogP contribution in [0.2, 0.25) is 5.02 Å². The topological polar surface area (TPSA) is 15.3 Å². The van der Waals surface area contributed by atoms with Gasteiger partial charge in [-0.3, -0.25) is 0 Å². The first-order valence-electron chi connectivity index (χ1n) is 7.04. The van der Waals surface area contributed by atoms with E-state index in [9.17, 15) is 4.39 Å². The monoisotopic (exact) mass is 284 g/mol. The van der Waals surface area contributed by atoms with Gasteiger partial charge in [0.25, 0.3) is 0 Å². The Morgan fingerprint density at radius 3 is 2.74 bits per heavy atom. The maximum atomic E-state index is 13.2. The zero-order chi connectivity index (χ0) is 13.8. The lowest BCUT2D eigenvalue weighted by Crippen LogP contribution is -2.39. The van der Waals surface area contributed by atoms with Crippen LogP contribution in [0, 0.1) is 11.7 Å². The summed E-state index contributed by atoms with van der Waals surface area (Å²) in [5.41, 5.74) is 0.701. The quantitative estimate of drug-likeness (QED) is 0.899. The molecule has 1 fully saturated rings. The SMILES string of the molecule is CCN1CCC(C(C)Nc2cc(F)ccc2Cl)CC1. The third-order valence-corrected chi connectivity index (χ3v) is 4.43. The number of hydrogen-bond acceptors (Lipinski definition) is 2. The molecule has 1 aromatic carbocycles. The van der Waals surface area contributed by atoms with Gasteiger partial charge in [-0.1, -0.05) is 18.5 Å². The molecule has 19 heavy (non-hydrogen) atoms. The third kappa shape index (κ3) is 3.83. The number of nitrogens with zero attached hydrogens (tertiary/aromatic N) is 1. The molecule has 0 aliphatic carbocycles. The van der Waals surface area contributed by atoms with Crippen LogP contribution in [0.15, 0.2) is 18.2 Å². The molecule has 0 saturated carbocycles. The second-order valence-electron chi connectivity index (χ2n) is 5.33. The summed E-state index contributed by atoms with van der Waals surface area (Å²) < 4.78 is 13.2. The molecule has 1 aliphatic heterocycles. The van der Waals surface area contributed by atoms with Crippen molar-refractivity contribution in [3.8, 4) is 0 Å². The Labute approximate surface area is 119 Å². The van der Waals surface area contributed by atoms with E-state index in [0.717, 1.165) is 19.6 Å². The Morgan fingerprint density at radius 1 is 1.42 bits per heavy atom. The fourth-order valence-corrected chi connectivity index (χ4v) is 2.91. The summed E-state index contributed by atoms with van der Waals surface area (Å²) >= 11 is 6.09. The maximum absolute atomic E-state index is 13.2. The first-order chi connectivity index (χ1) is 9.10. The second kappa shape index (κ2) is 6.58. The lowest BCUT2D eigenvalue weighted by Gasteiger charge is -2.35. The van der Waals surface area contributed by atoms with Crippen molar-refractivity contribution in [1.29, 1.82) is 0 Å². The minimum Gasteiger partial charge on any atom is -0.381 e. The molecule has 0 spiro atoms. The minimum absolute atomic E-state index is 0.250. The van der Waals surface area contributed by atoms with Crippen LogP contribution in [-0.2, 0) is 0 Å². The van der Waals surface area contributed by atoms with Crippen molar-refractivity contribution in [3.63, 3.8) is 0 Å². The number of rotatable bonds is 4. The largest absolute Gasteiger partial charge is 0.381 e. The van der Waals surface area contributed by atoms with Crippen LogP contribution < -0.4 is 5.32 Å². The van der Waals surface area contributed by atoms with Gasteiger partial charge in [-0.05, 0) is 63.5 Å². The fraction of sp³-hybridized carbons (Fsp3) is 0.600. The second-order valence-corrected chi connectivity index (χ2v) is 5.74. The van der Waals surface area contributed by atoms with Gasteiger partial charge in [0.05, 0.1) is 10.7 Å². The van der Waals surface area contributed by atoms with Crippen LogP contribution >= 0.6 is 11.6 Å². The van der Waals surface area contributed by atoms with Crippen molar-refractivity contribution in [2.24, 2.45) is 5.92 Å². The lowest BCUT2D eigenvalue weighted by molar-refractivity contribution is 0.183. The Hall–Kier alpha value is -0.800. The number of halogens is 2. The van der Waals surface area contributed by atoms with E-state index in [1.54, 1.807) is 6.07 Å². The highest BCUT2D eigenvalue weighted by atomic mass is 35.5. The fourth-order valence-electron chi connectivity index (χ4n) is 2.74. The molecular weight excluding hydrogens is 263 g/mol. The van der Waals surface area contributed by atoms with Gasteiger partial charge < -0.3 is 10.2 Å². The van der Waals surface area contributed by atoms with E-state index < -0.39 is 0 Å². The molecule has 1 heterocycles. The Morgan fingerprint density at radius 2 is 2.11 bits per heavy atom. The van der Waals surface area contributed by atoms with Crippen LogP contribution in [0.4, 0.5) is 10.1 Å². The van der Waals surface area contributed by atoms with Crippen molar-refractivity contribution in [2.75, 3.05) is 25.0 Å². The molecule has 0 aromatic heterocycles. The van der Waals surface area contributed by atoms with E-state index in [0.29, 0.717) is 22.7 Å². The molecule has 0 bridgehead atoms. The standard InChI is InChI=1S/C15H22ClFN2/c1-3-19-8-6-12(7-9-19)11(2)18-15-10-13(17)4-5-14(15)16/h4-5,10-12,18H,3,6-9H2,1-2H3. The third-order valence-electron chi connectivity index (χ3n) is 4.10. The van der Waals surface area contributed by atoms with Gasteiger partial charge >= 0.3 is 0 Å². The Bertz CT molecular complexity index is 417. The van der Waals surface area contributed by atoms with Gasteiger partial charge in [0.15, 0.2) is 0 Å². The van der Waals surface area contributed by atoms with E-state index >= 15 is 0 Å². The summed E-state index contributed by atoms with van der Waals surface area (Å²) in [6.45, 7) is 7.81. The maximum Gasteiger partial charge on any atom is 0.125 e. The van der Waals surface area contributed by atoms with Crippen molar-refractivity contribution >= 4 is 17.3 Å². The van der Waals surface area contributed by atoms with Crippen LogP contribution in [-0.4, -0.2) is 30.6 Å². The van der Waals surface area contributed by atoms with Crippen LogP contribution in [0.1, 0.15) is 26.7 Å². The number of benzene rings is 1. The molecule has 2 rings (SSSR count). The summed E-state index contributed by atoms with van der Waals surface area (Å²) in [4.78, 5) is 2.47. The number of hydrogen-bond donors (Lipinski definition) is 1. The number of likely N-dealkylation sites (tertiary alicyclic amines) is 1. The van der Waals surface area contributed by atoms with Gasteiger partial charge in [-0.25, -0.2) is 4.39 Å². The highest BCUT2D eigenvalue weighted by Gasteiger charge is 2.23. The summed E-state index contributed by atoms with van der Waals surface area (Å²) in [6.07, 6.45) is 2.38. The van der Waals surface area contributed by atoms with Crippen molar-refractivity contribution in [1.82, 2.24) is 4.90 Å². The molecular formula is C15H22ClFN2. The zero-order valence-electron chi connectivity index (χ0n) is 11.6. The predicted molar refractivity (Wildman–Crippen MR) is 79.3 cm³/mol. The van der Waals surface area contributed by atoms with E-state index in [-0.39, 0.29) is 5.82 Å². The summed E-state index contributed by atoms with van der Waals surface area (Å²) in [5, 5.41) is 3.95. The normalized spacial score (nSPS) is 19.4. The van der Waals surface area contributed by atoms with Crippen molar-refractivity contribution in [2.45, 2.75) is 32.7 Å². The van der Waals surface area contributed by atoms with Gasteiger partial charge in [0, 0.05) is 6.04 Å². The van der Waals surface area contributed by atoms with Crippen molar-refractivity contribution < 1.29 is 4.39 Å². The molecule has 1 N–H and O–H groups in total. The van der Waals surface area contributed by atoms with Gasteiger partial charge in [0.2, 0.25) is 0 Å². The van der Waals surface area contributed by atoms with E-state index in [4.69, 9.17) is 11.6 Å². The lowest BCUT2D eigenvalue weighted by atomic mass is 9.90. The first kappa shape index (κ1) is 14.6. The zero-order valence-corrected chi connectivity index (χ0v) is 12.4. The molecule has 2 nitrogen and oxygen atoms in total. The van der Waals surface area contributed by atoms with Crippen LogP contribution in [0.5, 0.6) is 0 Å². The number of nitrogens with one attached hydrogen (secondary N) is 1.